The Balaban J connectivity index is 1.78. The predicted octanol–water partition coefficient (Wildman–Crippen LogP) is 6.96. The lowest BCUT2D eigenvalue weighted by Crippen LogP contribution is -2.62. The fourth-order valence-corrected chi connectivity index (χ4v) is 4.28. The van der Waals surface area contributed by atoms with Crippen molar-refractivity contribution in [2.75, 3.05) is 11.6 Å². The predicted molar refractivity (Wildman–Crippen MR) is 127 cm³/mol. The number of aliphatic hydroxyl groups is 1. The molecule has 0 spiro atoms. The molecular formula is C25H20ClF6N3O2. The summed E-state index contributed by atoms with van der Waals surface area (Å²) < 4.78 is 87.3. The highest BCUT2D eigenvalue weighted by Gasteiger charge is 2.74. The van der Waals surface area contributed by atoms with Crippen LogP contribution in [0.4, 0.5) is 32.0 Å². The van der Waals surface area contributed by atoms with Crippen molar-refractivity contribution in [2.24, 2.45) is 5.10 Å². The SMILES string of the molecule is CCOc1ccccc1-c1ccc(C2CC(C(O)(C(F)(F)F)C(F)(F)F)=NN2c2ccccc2Cl)cn1. The lowest BCUT2D eigenvalue weighted by Gasteiger charge is -2.32. The van der Waals surface area contributed by atoms with Crippen LogP contribution in [0.5, 0.6) is 5.75 Å². The number of hydrogen-bond donors (Lipinski definition) is 1. The Hall–Kier alpha value is -3.31. The number of anilines is 1. The Morgan fingerprint density at radius 2 is 1.62 bits per heavy atom. The standard InChI is InChI=1S/C25H20ClF6N3O2/c1-2-37-21-10-6-3-7-16(21)18-12-11-15(14-33-18)20-13-22(23(36,24(27,28)29)25(30,31)32)34-35(20)19-9-5-4-8-17(19)26/h3-12,14,20,36H,2,13H2,1H3. The highest BCUT2D eigenvalue weighted by molar-refractivity contribution is 6.33. The molecule has 1 unspecified atom stereocenters. The fraction of sp³-hybridized carbons (Fsp3) is 0.280. The number of pyridine rings is 1. The van der Waals surface area contributed by atoms with E-state index in [1.54, 1.807) is 36.4 Å². The second kappa shape index (κ2) is 9.86. The average Bonchev–Trinajstić information content (AvgIpc) is 3.28. The summed E-state index contributed by atoms with van der Waals surface area (Å²) in [5, 5.41) is 14.6. The minimum atomic E-state index is -6.06. The maximum Gasteiger partial charge on any atom is 0.431 e. The van der Waals surface area contributed by atoms with Gasteiger partial charge in [0.25, 0.3) is 5.60 Å². The first kappa shape index (κ1) is 26.7. The number of para-hydroxylation sites is 2. The molecule has 0 fully saturated rings. The summed E-state index contributed by atoms with van der Waals surface area (Å²) >= 11 is 6.20. The van der Waals surface area contributed by atoms with Crippen molar-refractivity contribution >= 4 is 23.0 Å². The molecule has 196 valence electrons. The van der Waals surface area contributed by atoms with Crippen LogP contribution in [0.3, 0.4) is 0 Å². The fourth-order valence-electron chi connectivity index (χ4n) is 4.06. The van der Waals surface area contributed by atoms with E-state index in [0.717, 1.165) is 5.01 Å². The summed E-state index contributed by atoms with van der Waals surface area (Å²) in [6.45, 7) is 2.22. The summed E-state index contributed by atoms with van der Waals surface area (Å²) in [6, 6.07) is 14.9. The van der Waals surface area contributed by atoms with E-state index in [2.05, 4.69) is 10.1 Å². The monoisotopic (exact) mass is 543 g/mol. The number of hydrogen-bond acceptors (Lipinski definition) is 5. The van der Waals surface area contributed by atoms with E-state index in [1.165, 1.54) is 30.5 Å². The molecule has 0 radical (unpaired) electrons. The van der Waals surface area contributed by atoms with Crippen LogP contribution in [-0.4, -0.2) is 40.4 Å². The molecule has 0 saturated heterocycles. The molecule has 0 aliphatic carbocycles. The van der Waals surface area contributed by atoms with E-state index < -0.39 is 36.1 Å². The normalized spacial score (nSPS) is 16.6. The van der Waals surface area contributed by atoms with E-state index >= 15 is 0 Å². The van der Waals surface area contributed by atoms with E-state index in [-0.39, 0.29) is 16.3 Å². The number of ether oxygens (including phenoxy) is 1. The van der Waals surface area contributed by atoms with E-state index in [9.17, 15) is 31.4 Å². The van der Waals surface area contributed by atoms with Crippen LogP contribution in [0.15, 0.2) is 72.0 Å². The summed E-state index contributed by atoms with van der Waals surface area (Å²) in [7, 11) is 0. The van der Waals surface area contributed by atoms with Crippen molar-refractivity contribution < 1.29 is 36.2 Å². The Kier molecular flexibility index (Phi) is 7.13. The van der Waals surface area contributed by atoms with Crippen molar-refractivity contribution in [3.63, 3.8) is 0 Å². The number of benzene rings is 2. The Labute approximate surface area is 213 Å². The molecule has 12 heteroatoms. The largest absolute Gasteiger partial charge is 0.493 e. The second-order valence-corrected chi connectivity index (χ2v) is 8.58. The molecule has 2 heterocycles. The van der Waals surface area contributed by atoms with Gasteiger partial charge in [-0.2, -0.15) is 31.4 Å². The molecule has 37 heavy (non-hydrogen) atoms. The number of halogens is 7. The number of nitrogens with zero attached hydrogens (tertiary/aromatic N) is 3. The molecule has 0 saturated carbocycles. The van der Waals surface area contributed by atoms with E-state index in [1.807, 2.05) is 6.92 Å². The van der Waals surface area contributed by atoms with E-state index in [0.29, 0.717) is 23.6 Å². The summed E-state index contributed by atoms with van der Waals surface area (Å²) in [5.41, 5.74) is -5.16. The zero-order valence-electron chi connectivity index (χ0n) is 19.2. The van der Waals surface area contributed by atoms with Crippen LogP contribution in [0.25, 0.3) is 11.3 Å². The molecule has 1 N–H and O–H groups in total. The van der Waals surface area contributed by atoms with E-state index in [4.69, 9.17) is 16.3 Å². The lowest BCUT2D eigenvalue weighted by atomic mass is 9.90. The van der Waals surface area contributed by atoms with Crippen molar-refractivity contribution in [1.82, 2.24) is 4.98 Å². The second-order valence-electron chi connectivity index (χ2n) is 8.17. The third-order valence-corrected chi connectivity index (χ3v) is 6.20. The van der Waals surface area contributed by atoms with Crippen LogP contribution >= 0.6 is 11.6 Å². The van der Waals surface area contributed by atoms with Gasteiger partial charge in [0.05, 0.1) is 34.8 Å². The highest BCUT2D eigenvalue weighted by atomic mass is 35.5. The maximum absolute atomic E-state index is 13.6. The minimum Gasteiger partial charge on any atom is -0.493 e. The molecular weight excluding hydrogens is 524 g/mol. The maximum atomic E-state index is 13.6. The first-order valence-electron chi connectivity index (χ1n) is 11.0. The van der Waals surface area contributed by atoms with Gasteiger partial charge in [-0.05, 0) is 42.8 Å². The number of hydrazone groups is 1. The number of rotatable bonds is 6. The summed E-state index contributed by atoms with van der Waals surface area (Å²) in [5.74, 6) is 0.565. The molecule has 0 amide bonds. The zero-order valence-corrected chi connectivity index (χ0v) is 19.9. The third-order valence-electron chi connectivity index (χ3n) is 5.88. The van der Waals surface area contributed by atoms with Crippen molar-refractivity contribution in [3.8, 4) is 17.0 Å². The topological polar surface area (TPSA) is 58.0 Å². The van der Waals surface area contributed by atoms with Gasteiger partial charge in [0, 0.05) is 18.2 Å². The Morgan fingerprint density at radius 3 is 2.22 bits per heavy atom. The van der Waals surface area contributed by atoms with Gasteiger partial charge < -0.3 is 9.84 Å². The average molecular weight is 544 g/mol. The molecule has 5 nitrogen and oxygen atoms in total. The Bertz CT molecular complexity index is 1280. The molecule has 1 aliphatic rings. The first-order chi connectivity index (χ1) is 17.4. The van der Waals surface area contributed by atoms with Gasteiger partial charge in [-0.1, -0.05) is 41.9 Å². The van der Waals surface area contributed by atoms with Crippen LogP contribution < -0.4 is 9.75 Å². The van der Waals surface area contributed by atoms with Gasteiger partial charge >= 0.3 is 12.4 Å². The molecule has 4 rings (SSSR count). The quantitative estimate of drug-likeness (QED) is 0.341. The summed E-state index contributed by atoms with van der Waals surface area (Å²) in [6.07, 6.45) is -11.7. The van der Waals surface area contributed by atoms with Crippen LogP contribution in [0, 0.1) is 0 Å². The zero-order chi connectivity index (χ0) is 27.0. The summed E-state index contributed by atoms with van der Waals surface area (Å²) in [4.78, 5) is 4.37. The molecule has 1 atom stereocenters. The van der Waals surface area contributed by atoms with Crippen molar-refractivity contribution in [1.29, 1.82) is 0 Å². The first-order valence-corrected chi connectivity index (χ1v) is 11.4. The number of aromatic nitrogens is 1. The molecule has 2 aromatic carbocycles. The Morgan fingerprint density at radius 1 is 0.973 bits per heavy atom. The van der Waals surface area contributed by atoms with Gasteiger partial charge in [0.2, 0.25) is 0 Å². The van der Waals surface area contributed by atoms with Gasteiger partial charge in [-0.15, -0.1) is 0 Å². The third kappa shape index (κ3) is 4.85. The van der Waals surface area contributed by atoms with Gasteiger partial charge in [0.1, 0.15) is 5.75 Å². The molecule has 1 aromatic heterocycles. The van der Waals surface area contributed by atoms with Crippen molar-refractivity contribution in [3.05, 3.63) is 77.4 Å². The number of alkyl halides is 6. The van der Waals surface area contributed by atoms with Crippen molar-refractivity contribution in [2.45, 2.75) is 37.3 Å². The molecule has 1 aliphatic heterocycles. The van der Waals surface area contributed by atoms with Crippen LogP contribution in [0.2, 0.25) is 5.02 Å². The van der Waals surface area contributed by atoms with Gasteiger partial charge in [-0.3, -0.25) is 9.99 Å². The lowest BCUT2D eigenvalue weighted by molar-refractivity contribution is -0.338. The van der Waals surface area contributed by atoms with Crippen LogP contribution in [0.1, 0.15) is 24.9 Å². The molecule has 0 bridgehead atoms. The van der Waals surface area contributed by atoms with Gasteiger partial charge in [-0.25, -0.2) is 0 Å². The smallest absolute Gasteiger partial charge is 0.431 e. The van der Waals surface area contributed by atoms with Crippen LogP contribution in [-0.2, 0) is 0 Å². The highest BCUT2D eigenvalue weighted by Crippen LogP contribution is 2.49. The minimum absolute atomic E-state index is 0.0512. The molecule has 3 aromatic rings. The van der Waals surface area contributed by atoms with Gasteiger partial charge in [0.15, 0.2) is 0 Å².